The van der Waals surface area contributed by atoms with E-state index in [1.807, 2.05) is 18.3 Å². The van der Waals surface area contributed by atoms with E-state index >= 15 is 0 Å². The van der Waals surface area contributed by atoms with E-state index < -0.39 is 19.9 Å². The van der Waals surface area contributed by atoms with E-state index in [2.05, 4.69) is 25.7 Å². The van der Waals surface area contributed by atoms with Crippen molar-refractivity contribution in [2.45, 2.75) is 6.92 Å². The first kappa shape index (κ1) is 14.0. The van der Waals surface area contributed by atoms with Crippen LogP contribution in [0.5, 0.6) is 5.75 Å². The molecule has 9 nitrogen and oxygen atoms in total. The molecule has 0 fully saturated rings. The minimum atomic E-state index is -2.72. The molecule has 0 saturated carbocycles. The summed E-state index contributed by atoms with van der Waals surface area (Å²) in [6.45, 7) is -3.38. The van der Waals surface area contributed by atoms with Crippen LogP contribution >= 0.6 is 0 Å². The van der Waals surface area contributed by atoms with Crippen LogP contribution in [0, 0.1) is 6.92 Å². The Morgan fingerprint density at radius 3 is 2.68 bits per heavy atom. The molecule has 0 radical (unpaired) electrons. The Hall–Kier alpha value is -4.14. The monoisotopic (exact) mass is 423 g/mol. The summed E-state index contributed by atoms with van der Waals surface area (Å²) in [5.74, 6) is 0.101. The molecule has 3 aromatic heterocycles. The van der Waals surface area contributed by atoms with Gasteiger partial charge in [-0.1, -0.05) is 6.07 Å². The van der Waals surface area contributed by atoms with Crippen molar-refractivity contribution in [3.63, 3.8) is 0 Å². The highest BCUT2D eigenvalue weighted by atomic mass is 16.5. The number of benzene rings is 1. The maximum atomic E-state index is 12.8. The quantitative estimate of drug-likeness (QED) is 0.436. The Kier molecular flexibility index (Phi) is 3.74. The number of methoxy groups -OCH3 is 1. The lowest BCUT2D eigenvalue weighted by molar-refractivity contribution is 0.0963. The first-order valence-electron chi connectivity index (χ1n) is 12.2. The second-order valence-corrected chi connectivity index (χ2v) is 6.68. The number of aromatic nitrogens is 4. The van der Waals surface area contributed by atoms with Crippen LogP contribution in [0.2, 0.25) is 0 Å². The summed E-state index contributed by atoms with van der Waals surface area (Å²) in [6.07, 6.45) is 4.30. The number of aryl methyl sites for hydroxylation is 2. The summed E-state index contributed by atoms with van der Waals surface area (Å²) in [5, 5.41) is 12.5. The number of nitrogens with zero attached hydrogens (tertiary/aromatic N) is 4. The van der Waals surface area contributed by atoms with E-state index in [4.69, 9.17) is 13.0 Å². The molecule has 4 aromatic rings. The Morgan fingerprint density at radius 2 is 1.94 bits per heavy atom. The van der Waals surface area contributed by atoms with Crippen molar-refractivity contribution in [2.24, 2.45) is 6.98 Å². The van der Waals surface area contributed by atoms with Crippen LogP contribution in [0.25, 0.3) is 10.9 Å². The molecule has 1 amide bonds. The van der Waals surface area contributed by atoms with Gasteiger partial charge in [-0.05, 0) is 30.7 Å². The van der Waals surface area contributed by atoms with Gasteiger partial charge in [0.25, 0.3) is 5.91 Å². The highest BCUT2D eigenvalue weighted by Crippen LogP contribution is 2.36. The zero-order valence-corrected chi connectivity index (χ0v) is 16.7. The van der Waals surface area contributed by atoms with Gasteiger partial charge < -0.3 is 20.7 Å². The third-order valence-electron chi connectivity index (χ3n) is 4.59. The van der Waals surface area contributed by atoms with Gasteiger partial charge in [0.2, 0.25) is 0 Å². The summed E-state index contributed by atoms with van der Waals surface area (Å²) in [7, 11) is 1.38. The molecule has 31 heavy (non-hydrogen) atoms. The van der Waals surface area contributed by atoms with Crippen LogP contribution in [0.4, 0.5) is 23.0 Å². The number of anilines is 4. The molecule has 0 unspecified atom stereocenters. The summed E-state index contributed by atoms with van der Waals surface area (Å²) in [6, 6.07) is 8.40. The first-order valence-corrected chi connectivity index (χ1v) is 9.20. The van der Waals surface area contributed by atoms with Crippen molar-refractivity contribution >= 4 is 39.8 Å². The lowest BCUT2D eigenvalue weighted by Gasteiger charge is -2.16. The number of rotatable bonds is 6. The second kappa shape index (κ2) is 8.31. The molecule has 0 aliphatic rings. The minimum absolute atomic E-state index is 0.0648. The van der Waals surface area contributed by atoms with Gasteiger partial charge in [-0.2, -0.15) is 5.10 Å². The van der Waals surface area contributed by atoms with E-state index in [1.54, 1.807) is 24.4 Å². The fourth-order valence-electron chi connectivity index (χ4n) is 3.09. The van der Waals surface area contributed by atoms with Crippen molar-refractivity contribution in [2.75, 3.05) is 24.7 Å². The number of carbonyl (C=O) groups excluding carboxylic acids is 1. The maximum Gasteiger partial charge on any atom is 0.254 e. The lowest BCUT2D eigenvalue weighted by atomic mass is 10.1. The molecule has 4 rings (SSSR count). The van der Waals surface area contributed by atoms with E-state index in [0.717, 1.165) is 10.2 Å². The van der Waals surface area contributed by atoms with Gasteiger partial charge in [-0.3, -0.25) is 9.48 Å². The van der Waals surface area contributed by atoms with Crippen molar-refractivity contribution in [3.8, 4) is 5.75 Å². The number of ether oxygens (including phenoxy) is 1. The third-order valence-corrected chi connectivity index (χ3v) is 4.59. The van der Waals surface area contributed by atoms with Crippen molar-refractivity contribution < 1.29 is 17.8 Å². The van der Waals surface area contributed by atoms with E-state index in [9.17, 15) is 4.79 Å². The maximum absolute atomic E-state index is 12.8. The highest BCUT2D eigenvalue weighted by Gasteiger charge is 2.17. The zero-order valence-electron chi connectivity index (χ0n) is 22.7. The molecular weight excluding hydrogens is 394 g/mol. The van der Waals surface area contributed by atoms with Gasteiger partial charge in [0.05, 0.1) is 30.2 Å². The fourth-order valence-corrected chi connectivity index (χ4v) is 3.09. The van der Waals surface area contributed by atoms with Crippen LogP contribution in [0.3, 0.4) is 0 Å². The van der Waals surface area contributed by atoms with Crippen molar-refractivity contribution in [1.82, 2.24) is 25.1 Å². The second-order valence-electron chi connectivity index (χ2n) is 6.68. The molecule has 0 spiro atoms. The third kappa shape index (κ3) is 3.97. The molecule has 0 saturated heterocycles. The number of nitrogens with one attached hydrogen (secondary N) is 3. The Labute approximate surface area is 187 Å². The normalized spacial score (nSPS) is 14.4. The van der Waals surface area contributed by atoms with Crippen LogP contribution in [-0.4, -0.2) is 39.7 Å². The molecule has 3 heterocycles. The molecule has 0 aliphatic carbocycles. The molecule has 0 bridgehead atoms. The summed E-state index contributed by atoms with van der Waals surface area (Å²) >= 11 is 0. The Balaban J connectivity index is 1.80. The minimum Gasteiger partial charge on any atom is -0.492 e. The summed E-state index contributed by atoms with van der Waals surface area (Å²) in [4.78, 5) is 21.3. The van der Waals surface area contributed by atoms with Gasteiger partial charge in [0, 0.05) is 46.0 Å². The predicted octanol–water partition coefficient (Wildman–Crippen LogP) is 3.53. The van der Waals surface area contributed by atoms with Crippen molar-refractivity contribution in [3.05, 3.63) is 60.0 Å². The molecule has 3 N–H and O–H groups in total. The summed E-state index contributed by atoms with van der Waals surface area (Å²) in [5.41, 5.74) is 1.62. The first-order chi connectivity index (χ1) is 17.4. The van der Waals surface area contributed by atoms with Gasteiger partial charge in [-0.25, -0.2) is 9.97 Å². The Bertz CT molecular complexity index is 1450. The SMILES string of the molecule is [2H]C([2H])([2H])NC(=O)c1cnc(Nc2ccc(C)cn2)cc1Nc1ccc2cnn(C([2H])([2H])[2H])c2c1OC. The van der Waals surface area contributed by atoms with Crippen LogP contribution in [0.1, 0.15) is 24.1 Å². The summed E-state index contributed by atoms with van der Waals surface area (Å²) < 4.78 is 51.9. The van der Waals surface area contributed by atoms with Gasteiger partial charge in [-0.15, -0.1) is 0 Å². The predicted molar refractivity (Wildman–Crippen MR) is 120 cm³/mol. The number of pyridine rings is 2. The molecule has 9 heteroatoms. The molecule has 158 valence electrons. The Morgan fingerprint density at radius 1 is 1.06 bits per heavy atom. The van der Waals surface area contributed by atoms with Crippen LogP contribution in [-0.2, 0) is 6.98 Å². The van der Waals surface area contributed by atoms with Gasteiger partial charge in [0.15, 0.2) is 5.75 Å². The van der Waals surface area contributed by atoms with E-state index in [-0.39, 0.29) is 22.5 Å². The van der Waals surface area contributed by atoms with Crippen LogP contribution < -0.4 is 20.7 Å². The fraction of sp³-hybridized carbons (Fsp3) is 0.182. The average molecular weight is 424 g/mol. The molecular formula is C22H23N7O2. The zero-order chi connectivity index (χ0) is 27.0. The average Bonchev–Trinajstić information content (AvgIpc) is 3.24. The topological polar surface area (TPSA) is 106 Å². The van der Waals surface area contributed by atoms with E-state index in [1.165, 1.54) is 25.6 Å². The highest BCUT2D eigenvalue weighted by molar-refractivity contribution is 6.01. The number of fused-ring (bicyclic) bond motifs is 1. The number of hydrogen-bond donors (Lipinski definition) is 3. The largest absolute Gasteiger partial charge is 0.492 e. The van der Waals surface area contributed by atoms with Gasteiger partial charge in [0.1, 0.15) is 17.2 Å². The van der Waals surface area contributed by atoms with E-state index in [0.29, 0.717) is 22.7 Å². The molecule has 1 aromatic carbocycles. The smallest absolute Gasteiger partial charge is 0.254 e. The lowest BCUT2D eigenvalue weighted by Crippen LogP contribution is -2.19. The number of hydrogen-bond acceptors (Lipinski definition) is 7. The number of amides is 1. The molecule has 0 atom stereocenters. The van der Waals surface area contributed by atoms with Gasteiger partial charge >= 0.3 is 0 Å². The van der Waals surface area contributed by atoms with Crippen molar-refractivity contribution in [1.29, 1.82) is 0 Å². The molecule has 0 aliphatic heterocycles. The number of carbonyl (C=O) groups is 1. The van der Waals surface area contributed by atoms with Crippen LogP contribution in [0.15, 0.2) is 48.9 Å². The standard InChI is InChI=1S/C22H23N7O2/c1-13-5-8-18(24-10-13)28-19-9-17(15(12-25-19)22(30)23-2)27-16-7-6-14-11-26-29(3)20(14)21(16)31-4/h5-12H,1-4H3,(H,23,30)(H2,24,25,27,28)/i2D3,3D3.